The zero-order valence-corrected chi connectivity index (χ0v) is 14.9. The first-order valence-corrected chi connectivity index (χ1v) is 8.33. The predicted molar refractivity (Wildman–Crippen MR) is 89.8 cm³/mol. The largest absolute Gasteiger partial charge is 0.497 e. The van der Waals surface area contributed by atoms with Gasteiger partial charge in [0.1, 0.15) is 10.9 Å². The second-order valence-electron chi connectivity index (χ2n) is 3.96. The van der Waals surface area contributed by atoms with Crippen LogP contribution in [0.2, 0.25) is 5.15 Å². The Kier molecular flexibility index (Phi) is 3.99. The molecule has 0 aliphatic rings. The number of halogens is 3. The first-order chi connectivity index (χ1) is 9.58. The van der Waals surface area contributed by atoms with E-state index >= 15 is 0 Å². The van der Waals surface area contributed by atoms with Gasteiger partial charge in [-0.3, -0.25) is 0 Å². The van der Waals surface area contributed by atoms with Crippen molar-refractivity contribution in [2.75, 3.05) is 7.11 Å². The fourth-order valence-corrected chi connectivity index (χ4v) is 4.84. The Morgan fingerprint density at radius 3 is 2.65 bits per heavy atom. The molecule has 3 aromatic rings. The summed E-state index contributed by atoms with van der Waals surface area (Å²) in [5.41, 5.74) is 1.67. The molecule has 102 valence electrons. The third kappa shape index (κ3) is 2.57. The van der Waals surface area contributed by atoms with Gasteiger partial charge in [-0.15, -0.1) is 11.3 Å². The molecule has 3 rings (SSSR count). The number of thiophene rings is 1. The number of hydrogen-bond donors (Lipinski definition) is 0. The number of benzene rings is 1. The van der Waals surface area contributed by atoms with Crippen LogP contribution in [0.3, 0.4) is 0 Å². The minimum Gasteiger partial charge on any atom is -0.497 e. The minimum absolute atomic E-state index is 0.432. The lowest BCUT2D eigenvalue weighted by molar-refractivity contribution is 0.415. The molecule has 2 aromatic heterocycles. The van der Waals surface area contributed by atoms with E-state index in [1.54, 1.807) is 18.4 Å². The molecule has 0 saturated carbocycles. The van der Waals surface area contributed by atoms with Gasteiger partial charge in [-0.1, -0.05) is 11.6 Å². The summed E-state index contributed by atoms with van der Waals surface area (Å²) in [7, 11) is 1.62. The molecular formula is C13H7Br2ClN2OS. The predicted octanol–water partition coefficient (Wildman–Crippen LogP) is 5.55. The maximum absolute atomic E-state index is 6.25. The molecule has 0 radical (unpaired) electrons. The van der Waals surface area contributed by atoms with Crippen molar-refractivity contribution in [3.05, 3.63) is 37.0 Å². The van der Waals surface area contributed by atoms with Crippen LogP contribution in [0.15, 0.2) is 31.8 Å². The summed E-state index contributed by atoms with van der Waals surface area (Å²) in [6, 6.07) is 7.52. The Morgan fingerprint density at radius 1 is 1.20 bits per heavy atom. The highest BCUT2D eigenvalue weighted by Gasteiger charge is 2.13. The number of ether oxygens (including phenoxy) is 1. The first-order valence-electron chi connectivity index (χ1n) is 5.55. The van der Waals surface area contributed by atoms with Gasteiger partial charge in [-0.25, -0.2) is 9.97 Å². The van der Waals surface area contributed by atoms with Crippen LogP contribution in [0.1, 0.15) is 0 Å². The van der Waals surface area contributed by atoms with E-state index in [2.05, 4.69) is 41.8 Å². The summed E-state index contributed by atoms with van der Waals surface area (Å²) in [5.74, 6) is 1.33. The molecule has 0 aliphatic heterocycles. The van der Waals surface area contributed by atoms with Gasteiger partial charge < -0.3 is 4.74 Å². The van der Waals surface area contributed by atoms with Gasteiger partial charge in [0.15, 0.2) is 5.82 Å². The summed E-state index contributed by atoms with van der Waals surface area (Å²) in [6.45, 7) is 0. The lowest BCUT2D eigenvalue weighted by atomic mass is 10.2. The molecule has 3 nitrogen and oxygen atoms in total. The minimum atomic E-state index is 0.432. The van der Waals surface area contributed by atoms with Crippen molar-refractivity contribution in [2.45, 2.75) is 0 Å². The number of hydrogen-bond acceptors (Lipinski definition) is 4. The molecule has 0 bridgehead atoms. The van der Waals surface area contributed by atoms with Crippen molar-refractivity contribution in [3.63, 3.8) is 0 Å². The summed E-state index contributed by atoms with van der Waals surface area (Å²) < 4.78 is 7.18. The molecule has 2 heterocycles. The maximum Gasteiger partial charge on any atom is 0.163 e. The average Bonchev–Trinajstić information content (AvgIpc) is 2.77. The fourth-order valence-electron chi connectivity index (χ4n) is 1.81. The summed E-state index contributed by atoms with van der Waals surface area (Å²) in [6.07, 6.45) is 0. The Labute approximate surface area is 141 Å². The average molecular weight is 435 g/mol. The molecule has 0 fully saturated rings. The molecule has 0 unspecified atom stereocenters. The van der Waals surface area contributed by atoms with Crippen molar-refractivity contribution in [1.29, 1.82) is 0 Å². The van der Waals surface area contributed by atoms with Crippen molar-refractivity contribution in [3.8, 4) is 17.1 Å². The monoisotopic (exact) mass is 432 g/mol. The molecule has 0 saturated heterocycles. The Hall–Kier alpha value is -0.690. The van der Waals surface area contributed by atoms with Crippen LogP contribution >= 0.6 is 54.8 Å². The highest BCUT2D eigenvalue weighted by atomic mass is 79.9. The second-order valence-corrected chi connectivity index (χ2v) is 8.07. The van der Waals surface area contributed by atoms with Gasteiger partial charge in [0.25, 0.3) is 0 Å². The smallest absolute Gasteiger partial charge is 0.163 e. The maximum atomic E-state index is 6.25. The Bertz CT molecular complexity index is 806. The summed E-state index contributed by atoms with van der Waals surface area (Å²) in [5, 5.41) is 1.24. The molecule has 0 amide bonds. The first kappa shape index (κ1) is 14.3. The lowest BCUT2D eigenvalue weighted by Crippen LogP contribution is -1.92. The van der Waals surface area contributed by atoms with E-state index in [1.807, 2.05) is 24.3 Å². The molecule has 7 heteroatoms. The van der Waals surface area contributed by atoms with Gasteiger partial charge in [-0.05, 0) is 50.1 Å². The van der Waals surface area contributed by atoms with Gasteiger partial charge in [0.2, 0.25) is 0 Å². The molecular weight excluding hydrogens is 427 g/mol. The van der Waals surface area contributed by atoms with Crippen LogP contribution in [-0.2, 0) is 0 Å². The standard InChI is InChI=1S/C13H7Br2ClN2OS/c1-19-6-2-3-7-9(4-6)17-13(18-12(7)16)8-5-10(14)20-11(8)15/h2-5H,1H3. The van der Waals surface area contributed by atoms with E-state index in [0.29, 0.717) is 11.0 Å². The van der Waals surface area contributed by atoms with Gasteiger partial charge in [0.05, 0.1) is 20.2 Å². The highest BCUT2D eigenvalue weighted by Crippen LogP contribution is 2.38. The van der Waals surface area contributed by atoms with E-state index in [0.717, 1.165) is 29.8 Å². The number of fused-ring (bicyclic) bond motifs is 1. The zero-order valence-electron chi connectivity index (χ0n) is 10.2. The van der Waals surface area contributed by atoms with E-state index < -0.39 is 0 Å². The van der Waals surface area contributed by atoms with Crippen LogP contribution in [0.4, 0.5) is 0 Å². The quantitative estimate of drug-likeness (QED) is 0.497. The zero-order chi connectivity index (χ0) is 14.3. The normalized spacial score (nSPS) is 11.0. The third-order valence-electron chi connectivity index (χ3n) is 2.76. The number of methoxy groups -OCH3 is 1. The molecule has 0 spiro atoms. The lowest BCUT2D eigenvalue weighted by Gasteiger charge is -2.05. The summed E-state index contributed by atoms with van der Waals surface area (Å²) >= 11 is 14.8. The fraction of sp³-hybridized carbons (Fsp3) is 0.0769. The van der Waals surface area contributed by atoms with Crippen LogP contribution in [-0.4, -0.2) is 17.1 Å². The van der Waals surface area contributed by atoms with Crippen molar-refractivity contribution in [1.82, 2.24) is 9.97 Å². The van der Waals surface area contributed by atoms with E-state index in [9.17, 15) is 0 Å². The van der Waals surface area contributed by atoms with Crippen LogP contribution in [0.25, 0.3) is 22.3 Å². The number of rotatable bonds is 2. The molecule has 0 N–H and O–H groups in total. The van der Waals surface area contributed by atoms with Crippen molar-refractivity contribution in [2.24, 2.45) is 0 Å². The summed E-state index contributed by atoms with van der Waals surface area (Å²) in [4.78, 5) is 8.94. The molecule has 20 heavy (non-hydrogen) atoms. The van der Waals surface area contributed by atoms with Crippen LogP contribution < -0.4 is 4.74 Å². The third-order valence-corrected chi connectivity index (χ3v) is 5.38. The van der Waals surface area contributed by atoms with Crippen LogP contribution in [0.5, 0.6) is 5.75 Å². The number of nitrogens with zero attached hydrogens (tertiary/aromatic N) is 2. The van der Waals surface area contributed by atoms with Crippen molar-refractivity contribution >= 4 is 65.7 Å². The van der Waals surface area contributed by atoms with E-state index in [-0.39, 0.29) is 0 Å². The van der Waals surface area contributed by atoms with Crippen LogP contribution in [0, 0.1) is 0 Å². The van der Waals surface area contributed by atoms with Crippen molar-refractivity contribution < 1.29 is 4.74 Å². The topological polar surface area (TPSA) is 35.0 Å². The van der Waals surface area contributed by atoms with E-state index in [1.165, 1.54) is 0 Å². The molecule has 0 atom stereocenters. The van der Waals surface area contributed by atoms with Gasteiger partial charge >= 0.3 is 0 Å². The molecule has 1 aromatic carbocycles. The Balaban J connectivity index is 2.24. The molecule has 0 aliphatic carbocycles. The SMILES string of the molecule is COc1ccc2c(Cl)nc(-c3cc(Br)sc3Br)nc2c1. The Morgan fingerprint density at radius 2 is 2.00 bits per heavy atom. The highest BCUT2D eigenvalue weighted by molar-refractivity contribution is 9.12. The van der Waals surface area contributed by atoms with Gasteiger partial charge in [0, 0.05) is 17.0 Å². The second kappa shape index (κ2) is 5.60. The van der Waals surface area contributed by atoms with E-state index in [4.69, 9.17) is 16.3 Å². The van der Waals surface area contributed by atoms with Gasteiger partial charge in [-0.2, -0.15) is 0 Å². The number of aromatic nitrogens is 2.